The van der Waals surface area contributed by atoms with Crippen molar-refractivity contribution in [3.05, 3.63) is 23.6 Å². The highest BCUT2D eigenvalue weighted by atomic mass is 35.5. The van der Waals surface area contributed by atoms with Gasteiger partial charge >= 0.3 is 6.09 Å². The Labute approximate surface area is 168 Å². The van der Waals surface area contributed by atoms with E-state index in [1.807, 2.05) is 0 Å². The van der Waals surface area contributed by atoms with Crippen molar-refractivity contribution in [3.63, 3.8) is 0 Å². The number of fused-ring (bicyclic) bond motifs is 1. The summed E-state index contributed by atoms with van der Waals surface area (Å²) in [5.74, 6) is 0.471. The van der Waals surface area contributed by atoms with Crippen LogP contribution in [0.2, 0.25) is 5.15 Å². The number of nitrogens with zero attached hydrogens (tertiary/aromatic N) is 4. The molecule has 28 heavy (non-hydrogen) atoms. The van der Waals surface area contributed by atoms with E-state index in [-0.39, 0.29) is 13.0 Å². The van der Waals surface area contributed by atoms with Gasteiger partial charge in [0.2, 0.25) is 0 Å². The summed E-state index contributed by atoms with van der Waals surface area (Å²) in [5, 5.41) is 3.40. The van der Waals surface area contributed by atoms with Gasteiger partial charge in [0.25, 0.3) is 0 Å². The van der Waals surface area contributed by atoms with Crippen molar-refractivity contribution in [3.8, 4) is 0 Å². The highest BCUT2D eigenvalue weighted by molar-refractivity contribution is 6.30. The number of aromatic nitrogens is 3. The molecule has 3 heterocycles. The second-order valence-electron chi connectivity index (χ2n) is 8.05. The Kier molecular flexibility index (Phi) is 5.88. The maximum absolute atomic E-state index is 15.3. The zero-order valence-electron chi connectivity index (χ0n) is 16.3. The van der Waals surface area contributed by atoms with E-state index in [0.29, 0.717) is 47.9 Å². The first-order chi connectivity index (χ1) is 13.2. The molecule has 1 amide bonds. The van der Waals surface area contributed by atoms with E-state index in [4.69, 9.17) is 16.3 Å². The molecule has 0 bridgehead atoms. The minimum absolute atomic E-state index is 0.0210. The smallest absolute Gasteiger partial charge is 0.410 e. The van der Waals surface area contributed by atoms with Crippen LogP contribution in [0.3, 0.4) is 0 Å². The first kappa shape index (κ1) is 20.5. The average Bonchev–Trinajstić information content (AvgIpc) is 2.60. The van der Waals surface area contributed by atoms with Crippen LogP contribution < -0.4 is 5.32 Å². The number of rotatable bonds is 4. The maximum atomic E-state index is 15.3. The van der Waals surface area contributed by atoms with Crippen molar-refractivity contribution < 1.29 is 13.9 Å². The number of ether oxygens (including phenoxy) is 1. The van der Waals surface area contributed by atoms with E-state index in [9.17, 15) is 4.79 Å². The van der Waals surface area contributed by atoms with Gasteiger partial charge in [0.1, 0.15) is 21.9 Å². The number of piperidine rings is 1. The van der Waals surface area contributed by atoms with Crippen LogP contribution in [0, 0.1) is 0 Å². The molecule has 1 aliphatic rings. The fourth-order valence-electron chi connectivity index (χ4n) is 3.24. The number of carbonyl (C=O) groups excluding carboxylic acids is 1. The summed E-state index contributed by atoms with van der Waals surface area (Å²) in [7, 11) is 0. The van der Waals surface area contributed by atoms with Gasteiger partial charge in [0.15, 0.2) is 5.82 Å². The standard InChI is InChI=1S/C19H25ClFN5O2/c1-18(2,3)28-17(27)26-10-4-5-19(21,12-26)6-7-24-16-15-13(11-14(20)25-16)22-8-9-23-15/h8-9,11H,4-7,10,12H2,1-3H3,(H,24,25). The first-order valence-electron chi connectivity index (χ1n) is 9.33. The number of anilines is 1. The van der Waals surface area contributed by atoms with E-state index in [1.54, 1.807) is 39.2 Å². The normalized spacial score (nSPS) is 20.2. The Balaban J connectivity index is 1.62. The molecule has 2 aromatic rings. The number of hydrogen-bond donors (Lipinski definition) is 1. The molecule has 3 rings (SSSR count). The van der Waals surface area contributed by atoms with Gasteiger partial charge in [-0.05, 0) is 33.6 Å². The van der Waals surface area contributed by atoms with Crippen molar-refractivity contribution in [2.75, 3.05) is 25.0 Å². The molecule has 1 unspecified atom stereocenters. The van der Waals surface area contributed by atoms with Crippen molar-refractivity contribution in [2.24, 2.45) is 0 Å². The Bertz CT molecular complexity index is 860. The molecule has 152 valence electrons. The number of likely N-dealkylation sites (tertiary alicyclic amines) is 1. The fourth-order valence-corrected chi connectivity index (χ4v) is 3.43. The molecule has 7 nitrogen and oxygen atoms in total. The first-order valence-corrected chi connectivity index (χ1v) is 9.71. The lowest BCUT2D eigenvalue weighted by Crippen LogP contribution is -2.50. The van der Waals surface area contributed by atoms with Crippen LogP contribution in [-0.2, 0) is 4.74 Å². The van der Waals surface area contributed by atoms with Crippen molar-refractivity contribution in [1.29, 1.82) is 0 Å². The van der Waals surface area contributed by atoms with Crippen LogP contribution in [0.1, 0.15) is 40.0 Å². The van der Waals surface area contributed by atoms with Gasteiger partial charge in [-0.3, -0.25) is 4.98 Å². The Morgan fingerprint density at radius 3 is 2.89 bits per heavy atom. The highest BCUT2D eigenvalue weighted by Crippen LogP contribution is 2.30. The molecule has 9 heteroatoms. The van der Waals surface area contributed by atoms with Crippen molar-refractivity contribution >= 4 is 34.5 Å². The predicted molar refractivity (Wildman–Crippen MR) is 106 cm³/mol. The molecule has 0 aromatic carbocycles. The van der Waals surface area contributed by atoms with E-state index in [1.165, 1.54) is 4.90 Å². The summed E-state index contributed by atoms with van der Waals surface area (Å²) in [4.78, 5) is 26.4. The molecule has 1 aliphatic heterocycles. The lowest BCUT2D eigenvalue weighted by molar-refractivity contribution is -0.00663. The van der Waals surface area contributed by atoms with E-state index >= 15 is 4.39 Å². The molecule has 1 atom stereocenters. The predicted octanol–water partition coefficient (Wildman–Crippen LogP) is 4.22. The average molecular weight is 410 g/mol. The summed E-state index contributed by atoms with van der Waals surface area (Å²) in [5.41, 5.74) is -0.884. The Morgan fingerprint density at radius 1 is 1.39 bits per heavy atom. The molecule has 1 fully saturated rings. The lowest BCUT2D eigenvalue weighted by Gasteiger charge is -2.38. The summed E-state index contributed by atoms with van der Waals surface area (Å²) in [6, 6.07) is 1.63. The summed E-state index contributed by atoms with van der Waals surface area (Å²) < 4.78 is 20.7. The van der Waals surface area contributed by atoms with Gasteiger partial charge in [-0.15, -0.1) is 0 Å². The van der Waals surface area contributed by atoms with Gasteiger partial charge in [0, 0.05) is 38.0 Å². The maximum Gasteiger partial charge on any atom is 0.410 e. The molecule has 0 spiro atoms. The number of hydrogen-bond acceptors (Lipinski definition) is 6. The second kappa shape index (κ2) is 8.03. The van der Waals surface area contributed by atoms with Gasteiger partial charge < -0.3 is 15.0 Å². The third-order valence-corrected chi connectivity index (χ3v) is 4.66. The summed E-state index contributed by atoms with van der Waals surface area (Å²) in [6.45, 7) is 6.25. The third kappa shape index (κ3) is 5.19. The summed E-state index contributed by atoms with van der Waals surface area (Å²) >= 11 is 6.03. The third-order valence-electron chi connectivity index (χ3n) is 4.47. The molecule has 1 N–H and O–H groups in total. The minimum atomic E-state index is -1.48. The quantitative estimate of drug-likeness (QED) is 0.761. The number of nitrogens with one attached hydrogen (secondary N) is 1. The highest BCUT2D eigenvalue weighted by Gasteiger charge is 2.38. The van der Waals surface area contributed by atoms with E-state index < -0.39 is 17.4 Å². The van der Waals surface area contributed by atoms with Crippen LogP contribution in [-0.4, -0.2) is 56.8 Å². The van der Waals surface area contributed by atoms with Crippen molar-refractivity contribution in [1.82, 2.24) is 19.9 Å². The van der Waals surface area contributed by atoms with E-state index in [2.05, 4.69) is 20.3 Å². The number of amides is 1. The van der Waals surface area contributed by atoms with Crippen molar-refractivity contribution in [2.45, 2.75) is 51.3 Å². The molecule has 0 saturated carbocycles. The van der Waals surface area contributed by atoms with Crippen LogP contribution >= 0.6 is 11.6 Å². The number of carbonyl (C=O) groups is 1. The monoisotopic (exact) mass is 409 g/mol. The zero-order chi connectivity index (χ0) is 20.4. The van der Waals surface area contributed by atoms with Gasteiger partial charge in [-0.25, -0.2) is 19.2 Å². The molecule has 1 saturated heterocycles. The van der Waals surface area contributed by atoms with E-state index in [0.717, 1.165) is 0 Å². The summed E-state index contributed by atoms with van der Waals surface area (Å²) in [6.07, 6.45) is 3.89. The topological polar surface area (TPSA) is 80.2 Å². The molecular weight excluding hydrogens is 385 g/mol. The fraction of sp³-hybridized carbons (Fsp3) is 0.579. The van der Waals surface area contributed by atoms with Crippen LogP contribution in [0.15, 0.2) is 18.5 Å². The zero-order valence-corrected chi connectivity index (χ0v) is 17.1. The van der Waals surface area contributed by atoms with Crippen LogP contribution in [0.25, 0.3) is 11.0 Å². The molecular formula is C19H25ClFN5O2. The molecule has 2 aromatic heterocycles. The number of halogens is 2. The van der Waals surface area contributed by atoms with Gasteiger partial charge in [0.05, 0.1) is 12.1 Å². The SMILES string of the molecule is CC(C)(C)OC(=O)N1CCCC(F)(CCNc2nc(Cl)cc3nccnc23)C1. The Morgan fingerprint density at radius 2 is 2.14 bits per heavy atom. The van der Waals surface area contributed by atoms with Crippen LogP contribution in [0.5, 0.6) is 0 Å². The largest absolute Gasteiger partial charge is 0.444 e. The number of alkyl halides is 1. The van der Waals surface area contributed by atoms with Gasteiger partial charge in [-0.1, -0.05) is 11.6 Å². The minimum Gasteiger partial charge on any atom is -0.444 e. The molecule has 0 radical (unpaired) electrons. The Hall–Kier alpha value is -2.22. The molecule has 0 aliphatic carbocycles. The second-order valence-corrected chi connectivity index (χ2v) is 8.44. The number of pyridine rings is 1. The van der Waals surface area contributed by atoms with Gasteiger partial charge in [-0.2, -0.15) is 0 Å². The lowest BCUT2D eigenvalue weighted by atomic mass is 9.91. The van der Waals surface area contributed by atoms with Crippen LogP contribution in [0.4, 0.5) is 15.0 Å².